The minimum absolute atomic E-state index is 0.106. The third-order valence-electron chi connectivity index (χ3n) is 3.49. The van der Waals surface area contributed by atoms with E-state index in [9.17, 15) is 0 Å². The molecule has 92 valence electrons. The lowest BCUT2D eigenvalue weighted by Crippen LogP contribution is -2.73. The molecule has 1 fully saturated rings. The molecular formula is C12H21NO3. The van der Waals surface area contributed by atoms with Crippen LogP contribution in [0.2, 0.25) is 0 Å². The second kappa shape index (κ2) is 3.70. The van der Waals surface area contributed by atoms with Gasteiger partial charge in [-0.2, -0.15) is 0 Å². The van der Waals surface area contributed by atoms with Gasteiger partial charge in [0, 0.05) is 14.0 Å². The molecule has 0 aliphatic carbocycles. The number of nitrogens with zero attached hydrogens (tertiary/aromatic N) is 1. The van der Waals surface area contributed by atoms with Crippen molar-refractivity contribution in [3.63, 3.8) is 0 Å². The first kappa shape index (κ1) is 11.9. The molecular weight excluding hydrogens is 206 g/mol. The monoisotopic (exact) mass is 227 g/mol. The molecule has 4 nitrogen and oxygen atoms in total. The largest absolute Gasteiger partial charge is 0.424 e. The van der Waals surface area contributed by atoms with Gasteiger partial charge in [0.2, 0.25) is 0 Å². The summed E-state index contributed by atoms with van der Waals surface area (Å²) in [6, 6.07) is 0. The normalized spacial score (nSPS) is 41.4. The summed E-state index contributed by atoms with van der Waals surface area (Å²) in [5, 5.41) is 0. The molecule has 0 N–H and O–H groups in total. The highest BCUT2D eigenvalue weighted by atomic mass is 16.9. The fourth-order valence-corrected chi connectivity index (χ4v) is 2.74. The van der Waals surface area contributed by atoms with E-state index < -0.39 is 5.97 Å². The summed E-state index contributed by atoms with van der Waals surface area (Å²) < 4.78 is 16.8. The molecule has 2 rings (SSSR count). The molecule has 2 heterocycles. The van der Waals surface area contributed by atoms with E-state index in [0.717, 1.165) is 12.8 Å². The number of hydrogen-bond acceptors (Lipinski definition) is 4. The Morgan fingerprint density at radius 2 is 2.19 bits per heavy atom. The Balaban J connectivity index is 2.24. The van der Waals surface area contributed by atoms with Gasteiger partial charge < -0.3 is 14.2 Å². The molecule has 0 saturated carbocycles. The second-order valence-electron chi connectivity index (χ2n) is 5.01. The Labute approximate surface area is 97.0 Å². The summed E-state index contributed by atoms with van der Waals surface area (Å²) in [6.07, 6.45) is 1.96. The molecule has 3 atom stereocenters. The van der Waals surface area contributed by atoms with Crippen LogP contribution >= 0.6 is 0 Å². The summed E-state index contributed by atoms with van der Waals surface area (Å²) >= 11 is 0. The second-order valence-corrected chi connectivity index (χ2v) is 5.01. The lowest BCUT2D eigenvalue weighted by atomic mass is 9.78. The molecule has 0 amide bonds. The summed E-state index contributed by atoms with van der Waals surface area (Å²) in [5.74, 6) is 0.292. The first-order valence-electron chi connectivity index (χ1n) is 5.98. The van der Waals surface area contributed by atoms with Gasteiger partial charge in [-0.05, 0) is 18.8 Å². The van der Waals surface area contributed by atoms with Crippen LogP contribution in [0.15, 0.2) is 4.99 Å². The van der Waals surface area contributed by atoms with E-state index in [-0.39, 0.29) is 11.6 Å². The zero-order valence-electron chi connectivity index (χ0n) is 10.7. The predicted octanol–water partition coefficient (Wildman–Crippen LogP) is 2.33. The fraction of sp³-hybridized carbons (Fsp3) is 0.917. The van der Waals surface area contributed by atoms with Gasteiger partial charge in [-0.25, -0.2) is 4.99 Å². The Morgan fingerprint density at radius 1 is 1.50 bits per heavy atom. The molecule has 2 aliphatic rings. The van der Waals surface area contributed by atoms with Gasteiger partial charge in [0.05, 0.1) is 6.10 Å². The summed E-state index contributed by atoms with van der Waals surface area (Å²) in [5.41, 5.74) is -0.337. The molecule has 0 bridgehead atoms. The molecule has 0 radical (unpaired) electrons. The lowest BCUT2D eigenvalue weighted by molar-refractivity contribution is -0.461. The van der Waals surface area contributed by atoms with E-state index in [1.165, 1.54) is 0 Å². The maximum atomic E-state index is 5.82. The highest BCUT2D eigenvalue weighted by molar-refractivity contribution is 5.76. The molecule has 0 unspecified atom stereocenters. The van der Waals surface area contributed by atoms with Crippen LogP contribution in [-0.2, 0) is 14.2 Å². The van der Waals surface area contributed by atoms with Crippen LogP contribution < -0.4 is 0 Å². The summed E-state index contributed by atoms with van der Waals surface area (Å²) in [6.45, 7) is 8.33. The van der Waals surface area contributed by atoms with Gasteiger partial charge in [-0.1, -0.05) is 20.8 Å². The van der Waals surface area contributed by atoms with Crippen molar-refractivity contribution in [1.82, 2.24) is 0 Å². The maximum absolute atomic E-state index is 5.82. The first-order chi connectivity index (χ1) is 7.49. The van der Waals surface area contributed by atoms with Gasteiger partial charge in [-0.3, -0.25) is 0 Å². The van der Waals surface area contributed by atoms with Gasteiger partial charge in [0.1, 0.15) is 0 Å². The minimum Gasteiger partial charge on any atom is -0.424 e. The van der Waals surface area contributed by atoms with Crippen molar-refractivity contribution >= 4 is 5.90 Å². The number of rotatable bonds is 4. The molecule has 1 saturated heterocycles. The van der Waals surface area contributed by atoms with E-state index in [1.807, 2.05) is 6.92 Å². The molecule has 0 aromatic heterocycles. The molecule has 0 spiro atoms. The lowest BCUT2D eigenvalue weighted by Gasteiger charge is -2.54. The third-order valence-corrected chi connectivity index (χ3v) is 3.49. The average molecular weight is 227 g/mol. The zero-order chi connectivity index (χ0) is 12.0. The van der Waals surface area contributed by atoms with Crippen LogP contribution in [0.5, 0.6) is 0 Å². The fourth-order valence-electron chi connectivity index (χ4n) is 2.74. The van der Waals surface area contributed by atoms with Crippen molar-refractivity contribution in [1.29, 1.82) is 0 Å². The average Bonchev–Trinajstić information content (AvgIpc) is 2.44. The van der Waals surface area contributed by atoms with E-state index >= 15 is 0 Å². The van der Waals surface area contributed by atoms with Crippen LogP contribution in [0.25, 0.3) is 0 Å². The van der Waals surface area contributed by atoms with Gasteiger partial charge in [0.15, 0.2) is 11.4 Å². The number of fused-ring (bicyclic) bond motifs is 1. The number of ether oxygens (including phenoxy) is 3. The van der Waals surface area contributed by atoms with Gasteiger partial charge >= 0.3 is 5.97 Å². The molecule has 2 aliphatic heterocycles. The van der Waals surface area contributed by atoms with E-state index in [4.69, 9.17) is 14.2 Å². The highest BCUT2D eigenvalue weighted by Crippen LogP contribution is 2.54. The van der Waals surface area contributed by atoms with Crippen LogP contribution in [-0.4, -0.2) is 30.6 Å². The smallest absolute Gasteiger partial charge is 0.357 e. The number of hydrogen-bond donors (Lipinski definition) is 0. The maximum Gasteiger partial charge on any atom is 0.357 e. The summed E-state index contributed by atoms with van der Waals surface area (Å²) in [7, 11) is 1.62. The van der Waals surface area contributed by atoms with E-state index in [2.05, 4.69) is 25.8 Å². The zero-order valence-corrected chi connectivity index (χ0v) is 10.7. The van der Waals surface area contributed by atoms with Crippen molar-refractivity contribution in [2.75, 3.05) is 7.11 Å². The van der Waals surface area contributed by atoms with Gasteiger partial charge in [0.25, 0.3) is 0 Å². The topological polar surface area (TPSA) is 40.0 Å². The highest BCUT2D eigenvalue weighted by Gasteiger charge is 2.73. The predicted molar refractivity (Wildman–Crippen MR) is 61.3 cm³/mol. The van der Waals surface area contributed by atoms with Crippen LogP contribution in [0, 0.1) is 5.92 Å². The van der Waals surface area contributed by atoms with Crippen LogP contribution in [0.4, 0.5) is 0 Å². The van der Waals surface area contributed by atoms with Crippen molar-refractivity contribution in [2.24, 2.45) is 10.9 Å². The van der Waals surface area contributed by atoms with Crippen molar-refractivity contribution in [3.8, 4) is 0 Å². The molecule has 0 aromatic rings. The Hall–Kier alpha value is -0.610. The van der Waals surface area contributed by atoms with E-state index in [0.29, 0.717) is 11.8 Å². The number of aliphatic imine (C=N–C) groups is 1. The Kier molecular flexibility index (Phi) is 2.75. The third kappa shape index (κ3) is 1.32. The standard InChI is InChI=1S/C12H21NO3/c1-6-11-10(7-8(2)3)16-12(11,14-5)15-9(4)13-11/h8,10H,6-7H2,1-5H3/t10-,11+,12-/m1/s1. The molecule has 4 heteroatoms. The minimum atomic E-state index is -0.953. The first-order valence-corrected chi connectivity index (χ1v) is 5.98. The van der Waals surface area contributed by atoms with Crippen molar-refractivity contribution in [2.45, 2.75) is 58.2 Å². The van der Waals surface area contributed by atoms with Crippen LogP contribution in [0.1, 0.15) is 40.5 Å². The molecule has 0 aromatic carbocycles. The Bertz CT molecular complexity index is 315. The van der Waals surface area contributed by atoms with E-state index in [1.54, 1.807) is 7.11 Å². The van der Waals surface area contributed by atoms with Crippen LogP contribution in [0.3, 0.4) is 0 Å². The molecule has 16 heavy (non-hydrogen) atoms. The SMILES string of the molecule is CC[C@@]12N=C(C)O[C@@]1(OC)O[C@@H]2CC(C)C. The van der Waals surface area contributed by atoms with Crippen molar-refractivity contribution in [3.05, 3.63) is 0 Å². The number of methoxy groups -OCH3 is 1. The Morgan fingerprint density at radius 3 is 2.69 bits per heavy atom. The quantitative estimate of drug-likeness (QED) is 0.740. The van der Waals surface area contributed by atoms with Gasteiger partial charge in [-0.15, -0.1) is 0 Å². The summed E-state index contributed by atoms with van der Waals surface area (Å²) in [4.78, 5) is 4.63. The van der Waals surface area contributed by atoms with Crippen molar-refractivity contribution < 1.29 is 14.2 Å².